The van der Waals surface area contributed by atoms with Gasteiger partial charge in [0.1, 0.15) is 5.82 Å². The van der Waals surface area contributed by atoms with Crippen LogP contribution in [0.3, 0.4) is 0 Å². The zero-order valence-corrected chi connectivity index (χ0v) is 10.9. The van der Waals surface area contributed by atoms with Crippen molar-refractivity contribution in [2.75, 3.05) is 31.2 Å². The number of hydrogen-bond donors (Lipinski definition) is 0. The van der Waals surface area contributed by atoms with Gasteiger partial charge >= 0.3 is 0 Å². The summed E-state index contributed by atoms with van der Waals surface area (Å²) in [6.07, 6.45) is 7.27. The molecule has 1 fully saturated rings. The molecule has 0 aromatic carbocycles. The van der Waals surface area contributed by atoms with Gasteiger partial charge in [0.15, 0.2) is 0 Å². The quantitative estimate of drug-likeness (QED) is 0.818. The van der Waals surface area contributed by atoms with Crippen LogP contribution in [-0.4, -0.2) is 41.3 Å². The molecule has 19 heavy (non-hydrogen) atoms. The molecule has 5 nitrogen and oxygen atoms in total. The highest BCUT2D eigenvalue weighted by Crippen LogP contribution is 2.18. The van der Waals surface area contributed by atoms with Crippen molar-refractivity contribution in [1.82, 2.24) is 15.0 Å². The Balaban J connectivity index is 1.82. The Morgan fingerprint density at radius 3 is 2.58 bits per heavy atom. The molecule has 0 amide bonds. The molecule has 1 aliphatic heterocycles. The molecule has 5 heteroatoms. The molecule has 3 rings (SSSR count). The fourth-order valence-corrected chi connectivity index (χ4v) is 2.12. The Labute approximate surface area is 112 Å². The van der Waals surface area contributed by atoms with Crippen molar-refractivity contribution in [3.05, 3.63) is 36.4 Å². The first-order valence-corrected chi connectivity index (χ1v) is 6.40. The van der Waals surface area contributed by atoms with Crippen molar-refractivity contribution in [2.45, 2.75) is 6.92 Å². The number of rotatable bonds is 2. The molecule has 0 unspecified atom stereocenters. The number of aryl methyl sites for hydroxylation is 1. The molecule has 2 aromatic rings. The number of hydrogen-bond acceptors (Lipinski definition) is 5. The molecule has 0 radical (unpaired) electrons. The van der Waals surface area contributed by atoms with Gasteiger partial charge in [0, 0.05) is 31.0 Å². The molecule has 0 saturated carbocycles. The van der Waals surface area contributed by atoms with Crippen LogP contribution in [0.5, 0.6) is 0 Å². The second kappa shape index (κ2) is 5.32. The zero-order chi connectivity index (χ0) is 13.1. The van der Waals surface area contributed by atoms with Crippen molar-refractivity contribution < 1.29 is 4.74 Å². The largest absolute Gasteiger partial charge is 0.378 e. The number of morpholine rings is 1. The normalized spacial score (nSPS) is 15.5. The molecule has 0 bridgehead atoms. The van der Waals surface area contributed by atoms with E-state index in [1.807, 2.05) is 25.5 Å². The Morgan fingerprint density at radius 1 is 1.05 bits per heavy atom. The molecule has 1 saturated heterocycles. The molecule has 3 heterocycles. The minimum atomic E-state index is 0.755. The van der Waals surface area contributed by atoms with Crippen molar-refractivity contribution in [1.29, 1.82) is 0 Å². The maximum Gasteiger partial charge on any atom is 0.147 e. The molecule has 98 valence electrons. The van der Waals surface area contributed by atoms with Gasteiger partial charge in [-0.1, -0.05) is 0 Å². The summed E-state index contributed by atoms with van der Waals surface area (Å²) in [6, 6.07) is 2.06. The van der Waals surface area contributed by atoms with Crippen molar-refractivity contribution in [2.24, 2.45) is 0 Å². The monoisotopic (exact) mass is 256 g/mol. The van der Waals surface area contributed by atoms with Gasteiger partial charge in [-0.05, 0) is 18.6 Å². The minimum absolute atomic E-state index is 0.755. The molecule has 2 aromatic heterocycles. The predicted molar refractivity (Wildman–Crippen MR) is 73.0 cm³/mol. The third kappa shape index (κ3) is 2.71. The lowest BCUT2D eigenvalue weighted by Gasteiger charge is -2.27. The van der Waals surface area contributed by atoms with Gasteiger partial charge in [-0.15, -0.1) is 0 Å². The maximum absolute atomic E-state index is 5.33. The van der Waals surface area contributed by atoms with Gasteiger partial charge in [0.05, 0.1) is 31.3 Å². The molecule has 1 aliphatic rings. The highest BCUT2D eigenvalue weighted by molar-refractivity contribution is 5.58. The highest BCUT2D eigenvalue weighted by atomic mass is 16.5. The standard InChI is InChI=1S/C14H16N4O/c1-11-6-12(8-15-7-11)13-9-17-14(10-16-13)18-2-4-19-5-3-18/h6-10H,2-5H2,1H3. The molecule has 0 N–H and O–H groups in total. The molecule has 0 spiro atoms. The van der Waals surface area contributed by atoms with Crippen LogP contribution in [0.15, 0.2) is 30.9 Å². The summed E-state index contributed by atoms with van der Waals surface area (Å²) in [5.41, 5.74) is 2.98. The molecule has 0 atom stereocenters. The van der Waals surface area contributed by atoms with E-state index in [4.69, 9.17) is 4.74 Å². The van der Waals surface area contributed by atoms with Gasteiger partial charge < -0.3 is 9.64 Å². The van der Waals surface area contributed by atoms with Crippen LogP contribution in [-0.2, 0) is 4.74 Å². The first-order chi connectivity index (χ1) is 9.33. The van der Waals surface area contributed by atoms with E-state index in [1.165, 1.54) is 0 Å². The van der Waals surface area contributed by atoms with E-state index < -0.39 is 0 Å². The van der Waals surface area contributed by atoms with Crippen LogP contribution < -0.4 is 4.90 Å². The van der Waals surface area contributed by atoms with Crippen molar-refractivity contribution in [3.8, 4) is 11.3 Å². The third-order valence-corrected chi connectivity index (χ3v) is 3.14. The number of anilines is 1. The number of pyridine rings is 1. The zero-order valence-electron chi connectivity index (χ0n) is 10.9. The first-order valence-electron chi connectivity index (χ1n) is 6.40. The average molecular weight is 256 g/mol. The van der Waals surface area contributed by atoms with Crippen molar-refractivity contribution in [3.63, 3.8) is 0 Å². The topological polar surface area (TPSA) is 51.1 Å². The second-order valence-corrected chi connectivity index (χ2v) is 4.61. The van der Waals surface area contributed by atoms with E-state index in [9.17, 15) is 0 Å². The predicted octanol–water partition coefficient (Wildman–Crippen LogP) is 1.68. The summed E-state index contributed by atoms with van der Waals surface area (Å²) in [6.45, 7) is 5.28. The Morgan fingerprint density at radius 2 is 1.89 bits per heavy atom. The molecular formula is C14H16N4O. The number of aromatic nitrogens is 3. The van der Waals surface area contributed by atoms with E-state index in [2.05, 4.69) is 25.9 Å². The Kier molecular flexibility index (Phi) is 3.37. The minimum Gasteiger partial charge on any atom is -0.378 e. The maximum atomic E-state index is 5.33. The summed E-state index contributed by atoms with van der Waals surface area (Å²) in [7, 11) is 0. The van der Waals surface area contributed by atoms with Crippen LogP contribution in [0.2, 0.25) is 0 Å². The van der Waals surface area contributed by atoms with Crippen LogP contribution in [0.25, 0.3) is 11.3 Å². The van der Waals surface area contributed by atoms with E-state index >= 15 is 0 Å². The SMILES string of the molecule is Cc1cncc(-c2cnc(N3CCOCC3)cn2)c1. The molecular weight excluding hydrogens is 240 g/mol. The fourth-order valence-electron chi connectivity index (χ4n) is 2.12. The fraction of sp³-hybridized carbons (Fsp3) is 0.357. The Hall–Kier alpha value is -2.01. The van der Waals surface area contributed by atoms with E-state index in [0.717, 1.165) is 48.9 Å². The number of nitrogens with zero attached hydrogens (tertiary/aromatic N) is 4. The van der Waals surface area contributed by atoms with E-state index in [-0.39, 0.29) is 0 Å². The van der Waals surface area contributed by atoms with E-state index in [1.54, 1.807) is 6.20 Å². The summed E-state index contributed by atoms with van der Waals surface area (Å²) in [5.74, 6) is 0.910. The smallest absolute Gasteiger partial charge is 0.147 e. The van der Waals surface area contributed by atoms with Gasteiger partial charge in [-0.3, -0.25) is 9.97 Å². The van der Waals surface area contributed by atoms with Crippen LogP contribution >= 0.6 is 0 Å². The van der Waals surface area contributed by atoms with Crippen LogP contribution in [0.1, 0.15) is 5.56 Å². The van der Waals surface area contributed by atoms with Crippen LogP contribution in [0, 0.1) is 6.92 Å². The van der Waals surface area contributed by atoms with Gasteiger partial charge in [0.25, 0.3) is 0 Å². The van der Waals surface area contributed by atoms with Crippen molar-refractivity contribution >= 4 is 5.82 Å². The first kappa shape index (κ1) is 12.0. The summed E-state index contributed by atoms with van der Waals surface area (Å²) < 4.78 is 5.33. The summed E-state index contributed by atoms with van der Waals surface area (Å²) in [5, 5.41) is 0. The van der Waals surface area contributed by atoms with Gasteiger partial charge in [-0.2, -0.15) is 0 Å². The average Bonchev–Trinajstić information content (AvgIpc) is 2.48. The summed E-state index contributed by atoms with van der Waals surface area (Å²) >= 11 is 0. The number of ether oxygens (including phenoxy) is 1. The Bertz CT molecular complexity index is 550. The van der Waals surface area contributed by atoms with E-state index in [0.29, 0.717) is 0 Å². The lowest BCUT2D eigenvalue weighted by Crippen LogP contribution is -2.36. The second-order valence-electron chi connectivity index (χ2n) is 4.61. The third-order valence-electron chi connectivity index (χ3n) is 3.14. The van der Waals surface area contributed by atoms with Gasteiger partial charge in [0.2, 0.25) is 0 Å². The molecule has 0 aliphatic carbocycles. The lowest BCUT2D eigenvalue weighted by atomic mass is 10.2. The van der Waals surface area contributed by atoms with Gasteiger partial charge in [-0.25, -0.2) is 4.98 Å². The van der Waals surface area contributed by atoms with Crippen LogP contribution in [0.4, 0.5) is 5.82 Å². The highest BCUT2D eigenvalue weighted by Gasteiger charge is 2.12. The lowest BCUT2D eigenvalue weighted by molar-refractivity contribution is 0.122. The summed E-state index contributed by atoms with van der Waals surface area (Å²) in [4.78, 5) is 15.3.